The normalized spacial score (nSPS) is 12.7. The molecule has 0 aliphatic carbocycles. The first-order chi connectivity index (χ1) is 5.13. The van der Waals surface area contributed by atoms with E-state index < -0.39 is 11.1 Å². The Morgan fingerprint density at radius 3 is 2.58 bits per heavy atom. The van der Waals surface area contributed by atoms with E-state index in [1.165, 1.54) is 6.20 Å². The van der Waals surface area contributed by atoms with Crippen molar-refractivity contribution in [3.63, 3.8) is 0 Å². The van der Waals surface area contributed by atoms with Crippen molar-refractivity contribution in [2.45, 2.75) is 24.7 Å². The molecule has 0 amide bonds. The van der Waals surface area contributed by atoms with Crippen molar-refractivity contribution in [1.29, 1.82) is 0 Å². The molecule has 0 aliphatic heterocycles. The van der Waals surface area contributed by atoms with Crippen LogP contribution in [0.5, 0.6) is 0 Å². The smallest absolute Gasteiger partial charge is 0.768 e. The standard InChI is InChI=1S/C6H10N2O2S.Na/c1-4(2)6-5(11(9)10)3-7-8-6;/h3-4H,1-2H3,(H,7,8)(H,9,10);/q;+1/p-1. The minimum absolute atomic E-state index is 0. The Bertz CT molecular complexity index is 274. The van der Waals surface area contributed by atoms with Gasteiger partial charge in [-0.1, -0.05) is 13.8 Å². The predicted octanol–water partition coefficient (Wildman–Crippen LogP) is -2.22. The van der Waals surface area contributed by atoms with E-state index in [0.717, 1.165) is 0 Å². The van der Waals surface area contributed by atoms with Gasteiger partial charge < -0.3 is 4.55 Å². The van der Waals surface area contributed by atoms with Crippen LogP contribution in [0.25, 0.3) is 0 Å². The molecule has 1 rings (SSSR count). The summed E-state index contributed by atoms with van der Waals surface area (Å²) in [5, 5.41) is 6.29. The fourth-order valence-electron chi connectivity index (χ4n) is 0.832. The summed E-state index contributed by atoms with van der Waals surface area (Å²) in [6.07, 6.45) is 1.32. The average Bonchev–Trinajstić information content (AvgIpc) is 2.32. The molecule has 1 unspecified atom stereocenters. The van der Waals surface area contributed by atoms with Crippen LogP contribution in [0.1, 0.15) is 25.5 Å². The first-order valence-electron chi connectivity index (χ1n) is 3.25. The third kappa shape index (κ3) is 2.67. The van der Waals surface area contributed by atoms with Gasteiger partial charge in [-0.15, -0.1) is 0 Å². The van der Waals surface area contributed by atoms with Crippen LogP contribution < -0.4 is 29.6 Å². The number of hydrogen-bond donors (Lipinski definition) is 1. The van der Waals surface area contributed by atoms with Crippen LogP contribution in [-0.2, 0) is 11.1 Å². The van der Waals surface area contributed by atoms with Gasteiger partial charge in [0.05, 0.1) is 16.8 Å². The number of rotatable bonds is 2. The zero-order valence-electron chi connectivity index (χ0n) is 7.33. The Hall–Kier alpha value is 0.320. The summed E-state index contributed by atoms with van der Waals surface area (Å²) in [5.41, 5.74) is 0.665. The zero-order valence-corrected chi connectivity index (χ0v) is 10.1. The van der Waals surface area contributed by atoms with Crippen molar-refractivity contribution in [2.24, 2.45) is 0 Å². The molecule has 0 aromatic carbocycles. The average molecular weight is 196 g/mol. The van der Waals surface area contributed by atoms with Crippen LogP contribution in [-0.4, -0.2) is 19.0 Å². The third-order valence-electron chi connectivity index (χ3n) is 1.39. The van der Waals surface area contributed by atoms with Gasteiger partial charge in [0.1, 0.15) is 0 Å². The fraction of sp³-hybridized carbons (Fsp3) is 0.500. The Balaban J connectivity index is 0.00000121. The monoisotopic (exact) mass is 196 g/mol. The summed E-state index contributed by atoms with van der Waals surface area (Å²) < 4.78 is 21.1. The van der Waals surface area contributed by atoms with E-state index in [1.54, 1.807) is 0 Å². The van der Waals surface area contributed by atoms with Crippen LogP contribution in [0.2, 0.25) is 0 Å². The van der Waals surface area contributed by atoms with Gasteiger partial charge in [-0.3, -0.25) is 9.31 Å². The van der Waals surface area contributed by atoms with Crippen molar-refractivity contribution >= 4 is 11.1 Å². The minimum atomic E-state index is -2.17. The van der Waals surface area contributed by atoms with Crippen LogP contribution in [0.15, 0.2) is 11.1 Å². The number of aromatic amines is 1. The van der Waals surface area contributed by atoms with Gasteiger partial charge in [-0.05, 0) is 17.0 Å². The molecule has 0 fully saturated rings. The maximum Gasteiger partial charge on any atom is 1.00 e. The van der Waals surface area contributed by atoms with Gasteiger partial charge >= 0.3 is 29.6 Å². The van der Waals surface area contributed by atoms with E-state index in [1.807, 2.05) is 13.8 Å². The predicted molar refractivity (Wildman–Crippen MR) is 39.9 cm³/mol. The molecule has 6 heteroatoms. The Labute approximate surface area is 95.7 Å². The van der Waals surface area contributed by atoms with Crippen molar-refractivity contribution in [3.05, 3.63) is 11.9 Å². The topological polar surface area (TPSA) is 68.8 Å². The molecule has 62 valence electrons. The van der Waals surface area contributed by atoms with Crippen molar-refractivity contribution < 1.29 is 38.3 Å². The van der Waals surface area contributed by atoms with Crippen molar-refractivity contribution in [1.82, 2.24) is 10.2 Å². The molecule has 1 heterocycles. The molecule has 0 radical (unpaired) electrons. The second-order valence-electron chi connectivity index (χ2n) is 2.54. The molecule has 1 atom stereocenters. The van der Waals surface area contributed by atoms with E-state index in [-0.39, 0.29) is 40.4 Å². The maximum atomic E-state index is 10.5. The summed E-state index contributed by atoms with van der Waals surface area (Å²) in [4.78, 5) is 0.264. The maximum absolute atomic E-state index is 10.5. The SMILES string of the molecule is CC(C)c1[nH]ncc1S(=O)[O-].[Na+]. The molecular weight excluding hydrogens is 187 g/mol. The molecule has 1 aromatic heterocycles. The second kappa shape index (κ2) is 5.14. The first kappa shape index (κ1) is 12.3. The molecule has 0 saturated carbocycles. The largest absolute Gasteiger partial charge is 1.00 e. The van der Waals surface area contributed by atoms with Crippen LogP contribution in [0.3, 0.4) is 0 Å². The van der Waals surface area contributed by atoms with E-state index in [0.29, 0.717) is 5.69 Å². The van der Waals surface area contributed by atoms with Gasteiger partial charge in [0.15, 0.2) is 0 Å². The Morgan fingerprint density at radius 2 is 2.25 bits per heavy atom. The van der Waals surface area contributed by atoms with Gasteiger partial charge in [-0.25, -0.2) is 0 Å². The molecule has 0 bridgehead atoms. The number of hydrogen-bond acceptors (Lipinski definition) is 3. The summed E-state index contributed by atoms with van der Waals surface area (Å²) in [5.74, 6) is 0.158. The van der Waals surface area contributed by atoms with Gasteiger partial charge in [-0.2, -0.15) is 5.10 Å². The van der Waals surface area contributed by atoms with Gasteiger partial charge in [0.25, 0.3) is 0 Å². The second-order valence-corrected chi connectivity index (χ2v) is 3.45. The molecule has 4 nitrogen and oxygen atoms in total. The van der Waals surface area contributed by atoms with Crippen LogP contribution in [0, 0.1) is 0 Å². The molecule has 0 saturated heterocycles. The third-order valence-corrected chi connectivity index (χ3v) is 2.07. The molecule has 1 aromatic rings. The Morgan fingerprint density at radius 1 is 1.67 bits per heavy atom. The zero-order chi connectivity index (χ0) is 8.43. The van der Waals surface area contributed by atoms with Gasteiger partial charge in [0.2, 0.25) is 0 Å². The summed E-state index contributed by atoms with van der Waals surface area (Å²) >= 11 is -2.17. The Kier molecular flexibility index (Phi) is 5.27. The molecule has 1 N–H and O–H groups in total. The first-order valence-corrected chi connectivity index (χ1v) is 4.33. The fourth-order valence-corrected chi connectivity index (χ4v) is 1.43. The minimum Gasteiger partial charge on any atom is -0.768 e. The quantitative estimate of drug-likeness (QED) is 0.430. The van der Waals surface area contributed by atoms with E-state index in [2.05, 4.69) is 10.2 Å². The summed E-state index contributed by atoms with van der Waals surface area (Å²) in [6.45, 7) is 3.81. The van der Waals surface area contributed by atoms with Crippen LogP contribution >= 0.6 is 0 Å². The number of nitrogens with zero attached hydrogens (tertiary/aromatic N) is 1. The summed E-state index contributed by atoms with van der Waals surface area (Å²) in [7, 11) is 0. The number of nitrogens with one attached hydrogen (secondary N) is 1. The molecule has 0 spiro atoms. The van der Waals surface area contributed by atoms with E-state index >= 15 is 0 Å². The van der Waals surface area contributed by atoms with Crippen molar-refractivity contribution in [2.75, 3.05) is 0 Å². The van der Waals surface area contributed by atoms with Gasteiger partial charge in [0, 0.05) is 0 Å². The molecule has 12 heavy (non-hydrogen) atoms. The molecule has 0 aliphatic rings. The van der Waals surface area contributed by atoms with E-state index in [9.17, 15) is 8.76 Å². The number of aromatic nitrogens is 2. The van der Waals surface area contributed by atoms with Crippen molar-refractivity contribution in [3.8, 4) is 0 Å². The van der Waals surface area contributed by atoms with Crippen LogP contribution in [0.4, 0.5) is 0 Å². The molecular formula is C6H9N2NaO2S. The summed E-state index contributed by atoms with van der Waals surface area (Å²) in [6, 6.07) is 0. The number of H-pyrrole nitrogens is 1. The van der Waals surface area contributed by atoms with E-state index in [4.69, 9.17) is 0 Å².